The van der Waals surface area contributed by atoms with Crippen LogP contribution >= 0.6 is 11.6 Å². The first-order chi connectivity index (χ1) is 19.7. The van der Waals surface area contributed by atoms with Crippen molar-refractivity contribution in [2.45, 2.75) is 90.6 Å². The van der Waals surface area contributed by atoms with Crippen LogP contribution in [0.15, 0.2) is 67.3 Å². The first kappa shape index (κ1) is 32.0. The zero-order chi connectivity index (χ0) is 29.5. The van der Waals surface area contributed by atoms with Crippen LogP contribution in [0.5, 0.6) is 0 Å². The number of halogens is 1. The average Bonchev–Trinajstić information content (AvgIpc) is 3.48. The number of hydrogen-bond donors (Lipinski definition) is 0. The third-order valence-corrected chi connectivity index (χ3v) is 6.79. The molecule has 1 heterocycles. The van der Waals surface area contributed by atoms with Gasteiger partial charge in [0, 0.05) is 47.2 Å². The number of benzene rings is 2. The van der Waals surface area contributed by atoms with E-state index in [1.165, 1.54) is 43.0 Å². The summed E-state index contributed by atoms with van der Waals surface area (Å²) in [5.41, 5.74) is 1.68. The molecule has 1 amide bonds. The summed E-state index contributed by atoms with van der Waals surface area (Å²) >= 11 is 5.90. The highest BCUT2D eigenvalue weighted by molar-refractivity contribution is 6.30. The van der Waals surface area contributed by atoms with Crippen molar-refractivity contribution >= 4 is 29.3 Å². The number of rotatable bonds is 13. The van der Waals surface area contributed by atoms with E-state index in [9.17, 15) is 9.59 Å². The monoisotopic (exact) mass is 575 g/mol. The fraction of sp³-hybridized carbons (Fsp3) is 0.441. The second-order valence-electron chi connectivity index (χ2n) is 11.2. The summed E-state index contributed by atoms with van der Waals surface area (Å²) in [5.74, 6) is 6.28. The van der Waals surface area contributed by atoms with Gasteiger partial charge in [0.2, 0.25) is 0 Å². The maximum atomic E-state index is 13.0. The highest BCUT2D eigenvalue weighted by Crippen LogP contribution is 2.21. The van der Waals surface area contributed by atoms with Gasteiger partial charge in [-0.15, -0.1) is 0 Å². The molecule has 3 rings (SSSR count). The van der Waals surface area contributed by atoms with E-state index in [2.05, 4.69) is 16.8 Å². The molecule has 0 fully saturated rings. The number of unbranched alkanes of at least 4 members (excludes halogenated alkanes) is 9. The minimum atomic E-state index is -0.587. The van der Waals surface area contributed by atoms with Crippen LogP contribution < -0.4 is 4.90 Å². The van der Waals surface area contributed by atoms with E-state index in [1.54, 1.807) is 41.6 Å². The Kier molecular flexibility index (Phi) is 13.0. The molecule has 0 saturated heterocycles. The highest BCUT2D eigenvalue weighted by Gasteiger charge is 2.23. The van der Waals surface area contributed by atoms with Gasteiger partial charge in [-0.25, -0.2) is 9.78 Å². The van der Waals surface area contributed by atoms with Crippen molar-refractivity contribution in [3.05, 3.63) is 83.4 Å². The summed E-state index contributed by atoms with van der Waals surface area (Å²) in [6.45, 7) is 6.17. The molecule has 3 aromatic rings. The maximum absolute atomic E-state index is 13.0. The molecule has 0 aliphatic heterocycles. The normalized spacial score (nSPS) is 11.0. The van der Waals surface area contributed by atoms with Gasteiger partial charge in [0.25, 0.3) is 5.91 Å². The molecule has 0 unspecified atom stereocenters. The third kappa shape index (κ3) is 11.8. The molecular weight excluding hydrogens is 534 g/mol. The number of carbonyl (C=O) groups excluding carboxylic acids is 2. The number of nitrogens with zero attached hydrogens (tertiary/aromatic N) is 3. The maximum Gasteiger partial charge on any atom is 0.414 e. The van der Waals surface area contributed by atoms with Gasteiger partial charge in [0.15, 0.2) is 0 Å². The van der Waals surface area contributed by atoms with Crippen molar-refractivity contribution in [1.82, 2.24) is 9.55 Å². The number of ether oxygens (including phenoxy) is 1. The minimum Gasteiger partial charge on any atom is -0.443 e. The van der Waals surface area contributed by atoms with Gasteiger partial charge >= 0.3 is 6.09 Å². The summed E-state index contributed by atoms with van der Waals surface area (Å²) in [4.78, 5) is 31.2. The van der Waals surface area contributed by atoms with Gasteiger partial charge in [-0.3, -0.25) is 14.3 Å². The van der Waals surface area contributed by atoms with Gasteiger partial charge in [0.05, 0.1) is 0 Å². The van der Waals surface area contributed by atoms with Crippen LogP contribution in [0.3, 0.4) is 0 Å². The second kappa shape index (κ2) is 16.6. The number of hydrogen-bond acceptors (Lipinski definition) is 4. The lowest BCUT2D eigenvalue weighted by Crippen LogP contribution is -2.37. The van der Waals surface area contributed by atoms with Crippen molar-refractivity contribution in [2.24, 2.45) is 0 Å². The first-order valence-corrected chi connectivity index (χ1v) is 15.0. The minimum absolute atomic E-state index is 0.166. The molecule has 6 nitrogen and oxygen atoms in total. The predicted molar refractivity (Wildman–Crippen MR) is 166 cm³/mol. The third-order valence-electron chi connectivity index (χ3n) is 6.54. The van der Waals surface area contributed by atoms with Crippen molar-refractivity contribution in [1.29, 1.82) is 0 Å². The molecule has 41 heavy (non-hydrogen) atoms. The molecule has 1 aromatic heterocycles. The van der Waals surface area contributed by atoms with Crippen molar-refractivity contribution < 1.29 is 14.3 Å². The topological polar surface area (TPSA) is 64.4 Å². The number of amides is 1. The average molecular weight is 576 g/mol. The van der Waals surface area contributed by atoms with E-state index < -0.39 is 5.60 Å². The molecule has 7 heteroatoms. The molecule has 0 spiro atoms. The summed E-state index contributed by atoms with van der Waals surface area (Å²) in [6, 6.07) is 14.7. The van der Waals surface area contributed by atoms with Crippen LogP contribution in [0.1, 0.15) is 101 Å². The predicted octanol–water partition coefficient (Wildman–Crippen LogP) is 8.92. The Labute approximate surface area is 250 Å². The summed E-state index contributed by atoms with van der Waals surface area (Å²) in [5, 5.41) is 0.738. The molecule has 0 saturated carbocycles. The van der Waals surface area contributed by atoms with E-state index >= 15 is 0 Å². The standard InChI is InChI=1S/C34H42ClN3O3/c1-34(2,3)41-33(40)38(31-22-18-29(19-23-31)32(39)37-26-24-36-27-37)25-14-12-10-8-6-4-5-7-9-11-13-15-28-16-20-30(35)21-17-28/h16-24,26-27H,4-12,14,25H2,1-3H3. The van der Waals surface area contributed by atoms with E-state index in [0.717, 1.165) is 48.4 Å². The molecule has 0 atom stereocenters. The van der Waals surface area contributed by atoms with Crippen LogP contribution in [0, 0.1) is 11.8 Å². The lowest BCUT2D eigenvalue weighted by molar-refractivity contribution is 0.0579. The van der Waals surface area contributed by atoms with Gasteiger partial charge in [-0.05, 0) is 82.1 Å². The highest BCUT2D eigenvalue weighted by atomic mass is 35.5. The molecule has 2 aromatic carbocycles. The Bertz CT molecular complexity index is 1270. The Morgan fingerprint density at radius 1 is 0.878 bits per heavy atom. The summed E-state index contributed by atoms with van der Waals surface area (Å²) in [6.07, 6.45) is 15.6. The first-order valence-electron chi connectivity index (χ1n) is 14.6. The van der Waals surface area contributed by atoms with Crippen molar-refractivity contribution in [3.8, 4) is 11.8 Å². The second-order valence-corrected chi connectivity index (χ2v) is 11.6. The van der Waals surface area contributed by atoms with E-state index in [0.29, 0.717) is 12.1 Å². The van der Waals surface area contributed by atoms with Crippen LogP contribution in [-0.4, -0.2) is 33.7 Å². The van der Waals surface area contributed by atoms with E-state index in [1.807, 2.05) is 45.0 Å². The molecule has 0 N–H and O–H groups in total. The summed E-state index contributed by atoms with van der Waals surface area (Å²) in [7, 11) is 0. The van der Waals surface area contributed by atoms with Gasteiger partial charge in [-0.1, -0.05) is 68.4 Å². The van der Waals surface area contributed by atoms with Crippen LogP contribution in [0.4, 0.5) is 10.5 Å². The summed E-state index contributed by atoms with van der Waals surface area (Å²) < 4.78 is 7.10. The number of imidazole rings is 1. The SMILES string of the molecule is CC(C)(C)OC(=O)N(CCCCCCCCCCCC#Cc1ccc(Cl)cc1)c1ccc(C(=O)n2ccnc2)cc1. The van der Waals surface area contributed by atoms with Crippen LogP contribution in [0.25, 0.3) is 0 Å². The lowest BCUT2D eigenvalue weighted by Gasteiger charge is -2.27. The van der Waals surface area contributed by atoms with Gasteiger partial charge in [-0.2, -0.15) is 0 Å². The fourth-order valence-corrected chi connectivity index (χ4v) is 4.50. The van der Waals surface area contributed by atoms with E-state index in [4.69, 9.17) is 16.3 Å². The molecule has 218 valence electrons. The molecular formula is C34H42ClN3O3. The smallest absolute Gasteiger partial charge is 0.414 e. The van der Waals surface area contributed by atoms with Crippen molar-refractivity contribution in [3.63, 3.8) is 0 Å². The molecule has 0 aliphatic carbocycles. The van der Waals surface area contributed by atoms with Gasteiger partial charge in [0.1, 0.15) is 11.9 Å². The number of carbonyl (C=O) groups is 2. The Morgan fingerprint density at radius 3 is 2.07 bits per heavy atom. The molecule has 0 aliphatic rings. The Hall–Kier alpha value is -3.56. The van der Waals surface area contributed by atoms with Crippen LogP contribution in [0.2, 0.25) is 5.02 Å². The fourth-order valence-electron chi connectivity index (χ4n) is 4.37. The van der Waals surface area contributed by atoms with Crippen LogP contribution in [-0.2, 0) is 4.74 Å². The molecule has 0 bridgehead atoms. The zero-order valence-corrected chi connectivity index (χ0v) is 25.3. The number of aromatic nitrogens is 2. The zero-order valence-electron chi connectivity index (χ0n) is 24.6. The largest absolute Gasteiger partial charge is 0.443 e. The Morgan fingerprint density at radius 2 is 1.49 bits per heavy atom. The number of anilines is 1. The Balaban J connectivity index is 1.34. The molecule has 0 radical (unpaired) electrons. The van der Waals surface area contributed by atoms with Gasteiger partial charge < -0.3 is 4.74 Å². The quantitative estimate of drug-likeness (QED) is 0.151. The lowest BCUT2D eigenvalue weighted by atomic mass is 10.1. The van der Waals surface area contributed by atoms with Crippen molar-refractivity contribution in [2.75, 3.05) is 11.4 Å². The van der Waals surface area contributed by atoms with E-state index in [-0.39, 0.29) is 12.0 Å².